The lowest BCUT2D eigenvalue weighted by Crippen LogP contribution is -2.18. The van der Waals surface area contributed by atoms with Crippen LogP contribution in [-0.4, -0.2) is 28.6 Å². The van der Waals surface area contributed by atoms with Gasteiger partial charge in [0, 0.05) is 22.0 Å². The molecule has 3 nitrogen and oxygen atoms in total. The van der Waals surface area contributed by atoms with Crippen molar-refractivity contribution in [3.8, 4) is 0 Å². The minimum Gasteiger partial charge on any atom is -0.478 e. The summed E-state index contributed by atoms with van der Waals surface area (Å²) in [5.41, 5.74) is 1.22. The molecule has 0 aromatic heterocycles. The standard InChI is InChI=1S/C12H16BrNO2S/c1-3-17-7-8(2)14-9-4-5-10(12(15)16)11(13)6-9/h4-6,8,14H,3,7H2,1-2H3,(H,15,16). The van der Waals surface area contributed by atoms with E-state index in [9.17, 15) is 4.79 Å². The number of nitrogens with one attached hydrogen (secondary N) is 1. The van der Waals surface area contributed by atoms with Gasteiger partial charge in [0.25, 0.3) is 0 Å². The number of halogens is 1. The Hall–Kier alpha value is -0.680. The van der Waals surface area contributed by atoms with Crippen LogP contribution in [0.3, 0.4) is 0 Å². The molecule has 0 aliphatic rings. The SMILES string of the molecule is CCSCC(C)Nc1ccc(C(=O)O)c(Br)c1. The zero-order valence-corrected chi connectivity index (χ0v) is 12.3. The molecule has 0 fully saturated rings. The van der Waals surface area contributed by atoms with Crippen LogP contribution in [0, 0.1) is 0 Å². The second kappa shape index (κ2) is 6.91. The van der Waals surface area contributed by atoms with Gasteiger partial charge in [-0.15, -0.1) is 0 Å². The van der Waals surface area contributed by atoms with Gasteiger partial charge in [0.15, 0.2) is 0 Å². The molecule has 0 amide bonds. The minimum absolute atomic E-state index is 0.283. The second-order valence-corrected chi connectivity index (χ2v) is 5.88. The van der Waals surface area contributed by atoms with Crippen LogP contribution in [0.4, 0.5) is 5.69 Å². The Bertz CT molecular complexity index is 398. The summed E-state index contributed by atoms with van der Waals surface area (Å²) in [6, 6.07) is 5.56. The first-order chi connectivity index (χ1) is 8.04. The number of carboxylic acid groups (broad SMARTS) is 1. The Morgan fingerprint density at radius 3 is 2.82 bits per heavy atom. The third-order valence-electron chi connectivity index (χ3n) is 2.18. The third-order valence-corrected chi connectivity index (χ3v) is 3.98. The Morgan fingerprint density at radius 2 is 2.29 bits per heavy atom. The van der Waals surface area contributed by atoms with Gasteiger partial charge in [-0.25, -0.2) is 4.79 Å². The zero-order chi connectivity index (χ0) is 12.8. The summed E-state index contributed by atoms with van der Waals surface area (Å²) in [5, 5.41) is 12.2. The highest BCUT2D eigenvalue weighted by molar-refractivity contribution is 9.10. The van der Waals surface area contributed by atoms with E-state index in [1.54, 1.807) is 18.2 Å². The van der Waals surface area contributed by atoms with E-state index in [0.717, 1.165) is 17.2 Å². The average Bonchev–Trinajstić information content (AvgIpc) is 2.26. The predicted octanol–water partition coefficient (Wildman–Crippen LogP) is 3.70. The number of carbonyl (C=O) groups is 1. The van der Waals surface area contributed by atoms with Crippen LogP contribution in [0.15, 0.2) is 22.7 Å². The van der Waals surface area contributed by atoms with Crippen molar-refractivity contribution in [3.63, 3.8) is 0 Å². The molecule has 0 bridgehead atoms. The molecule has 1 rings (SSSR count). The first-order valence-corrected chi connectivity index (χ1v) is 7.36. The van der Waals surface area contributed by atoms with Gasteiger partial charge in [-0.3, -0.25) is 0 Å². The summed E-state index contributed by atoms with van der Waals surface area (Å²) < 4.78 is 0.602. The van der Waals surface area contributed by atoms with Crippen LogP contribution in [0.25, 0.3) is 0 Å². The molecular formula is C12H16BrNO2S. The first-order valence-electron chi connectivity index (χ1n) is 5.41. The van der Waals surface area contributed by atoms with E-state index in [1.165, 1.54) is 0 Å². The summed E-state index contributed by atoms with van der Waals surface area (Å²) >= 11 is 5.14. The van der Waals surface area contributed by atoms with Crippen LogP contribution in [0.1, 0.15) is 24.2 Å². The van der Waals surface area contributed by atoms with Gasteiger partial charge in [-0.05, 0) is 46.8 Å². The van der Waals surface area contributed by atoms with Gasteiger partial charge in [0.2, 0.25) is 0 Å². The number of anilines is 1. The molecule has 0 aliphatic heterocycles. The van der Waals surface area contributed by atoms with Crippen molar-refractivity contribution in [1.82, 2.24) is 0 Å². The van der Waals surface area contributed by atoms with Crippen molar-refractivity contribution in [2.24, 2.45) is 0 Å². The van der Waals surface area contributed by atoms with Crippen molar-refractivity contribution in [2.45, 2.75) is 19.9 Å². The number of hydrogen-bond acceptors (Lipinski definition) is 3. The minimum atomic E-state index is -0.919. The predicted molar refractivity (Wildman–Crippen MR) is 77.2 cm³/mol. The first kappa shape index (κ1) is 14.4. The summed E-state index contributed by atoms with van der Waals surface area (Å²) in [4.78, 5) is 10.8. The second-order valence-electron chi connectivity index (χ2n) is 3.70. The number of aromatic carboxylic acids is 1. The maximum atomic E-state index is 10.8. The van der Waals surface area contributed by atoms with Crippen molar-refractivity contribution in [2.75, 3.05) is 16.8 Å². The summed E-state index contributed by atoms with van der Waals surface area (Å²) in [6.45, 7) is 4.25. The van der Waals surface area contributed by atoms with Gasteiger partial charge in [-0.1, -0.05) is 6.92 Å². The number of benzene rings is 1. The molecule has 17 heavy (non-hydrogen) atoms. The normalized spacial score (nSPS) is 12.2. The number of hydrogen-bond donors (Lipinski definition) is 2. The van der Waals surface area contributed by atoms with Crippen LogP contribution in [0.2, 0.25) is 0 Å². The monoisotopic (exact) mass is 317 g/mol. The average molecular weight is 318 g/mol. The highest BCUT2D eigenvalue weighted by atomic mass is 79.9. The number of rotatable bonds is 6. The van der Waals surface area contributed by atoms with E-state index < -0.39 is 5.97 Å². The van der Waals surface area contributed by atoms with Gasteiger partial charge in [-0.2, -0.15) is 11.8 Å². The van der Waals surface area contributed by atoms with E-state index in [2.05, 4.69) is 35.1 Å². The lowest BCUT2D eigenvalue weighted by molar-refractivity contribution is 0.0696. The number of thioether (sulfide) groups is 1. The van der Waals surface area contributed by atoms with E-state index in [-0.39, 0.29) is 5.56 Å². The molecule has 0 saturated carbocycles. The fraction of sp³-hybridized carbons (Fsp3) is 0.417. The smallest absolute Gasteiger partial charge is 0.336 e. The Morgan fingerprint density at radius 1 is 1.59 bits per heavy atom. The fourth-order valence-electron chi connectivity index (χ4n) is 1.40. The van der Waals surface area contributed by atoms with Crippen molar-refractivity contribution >= 4 is 39.3 Å². The summed E-state index contributed by atoms with van der Waals surface area (Å²) in [6.07, 6.45) is 0. The number of carboxylic acids is 1. The lowest BCUT2D eigenvalue weighted by atomic mass is 10.2. The van der Waals surface area contributed by atoms with E-state index >= 15 is 0 Å². The van der Waals surface area contributed by atoms with Crippen LogP contribution >= 0.6 is 27.7 Å². The Kier molecular flexibility index (Phi) is 5.85. The van der Waals surface area contributed by atoms with E-state index in [1.807, 2.05) is 11.8 Å². The third kappa shape index (κ3) is 4.60. The Labute approximate surface area is 114 Å². The molecule has 1 aromatic rings. The lowest BCUT2D eigenvalue weighted by Gasteiger charge is -2.15. The molecule has 5 heteroatoms. The van der Waals surface area contributed by atoms with Gasteiger partial charge >= 0.3 is 5.97 Å². The summed E-state index contributed by atoms with van der Waals surface area (Å²) in [7, 11) is 0. The van der Waals surface area contributed by atoms with Crippen molar-refractivity contribution in [1.29, 1.82) is 0 Å². The highest BCUT2D eigenvalue weighted by Gasteiger charge is 2.09. The zero-order valence-electron chi connectivity index (χ0n) is 9.87. The van der Waals surface area contributed by atoms with Crippen LogP contribution in [0.5, 0.6) is 0 Å². The molecule has 2 N–H and O–H groups in total. The summed E-state index contributed by atoms with van der Waals surface area (Å²) in [5.74, 6) is 1.22. The molecular weight excluding hydrogens is 302 g/mol. The molecule has 0 aliphatic carbocycles. The quantitative estimate of drug-likeness (QED) is 0.840. The molecule has 1 aromatic carbocycles. The van der Waals surface area contributed by atoms with Crippen molar-refractivity contribution < 1.29 is 9.90 Å². The molecule has 1 unspecified atom stereocenters. The largest absolute Gasteiger partial charge is 0.478 e. The van der Waals surface area contributed by atoms with E-state index in [4.69, 9.17) is 5.11 Å². The van der Waals surface area contributed by atoms with Crippen molar-refractivity contribution in [3.05, 3.63) is 28.2 Å². The topological polar surface area (TPSA) is 49.3 Å². The fourth-order valence-corrected chi connectivity index (χ4v) is 2.62. The van der Waals surface area contributed by atoms with Crippen LogP contribution < -0.4 is 5.32 Å². The molecule has 0 saturated heterocycles. The highest BCUT2D eigenvalue weighted by Crippen LogP contribution is 2.22. The Balaban J connectivity index is 2.67. The maximum absolute atomic E-state index is 10.8. The molecule has 0 heterocycles. The maximum Gasteiger partial charge on any atom is 0.336 e. The molecule has 94 valence electrons. The molecule has 0 radical (unpaired) electrons. The van der Waals surface area contributed by atoms with Gasteiger partial charge in [0.1, 0.15) is 0 Å². The van der Waals surface area contributed by atoms with Crippen LogP contribution in [-0.2, 0) is 0 Å². The molecule has 0 spiro atoms. The molecule has 1 atom stereocenters. The van der Waals surface area contributed by atoms with Gasteiger partial charge < -0.3 is 10.4 Å². The van der Waals surface area contributed by atoms with E-state index in [0.29, 0.717) is 10.5 Å². The van der Waals surface area contributed by atoms with Gasteiger partial charge in [0.05, 0.1) is 5.56 Å².